The molecule has 0 amide bonds. The van der Waals surface area contributed by atoms with Crippen LogP contribution in [-0.4, -0.2) is 12.2 Å². The lowest BCUT2D eigenvalue weighted by Gasteiger charge is -2.15. The maximum absolute atomic E-state index is 13.4. The number of methoxy groups -OCH3 is 1. The number of aliphatic hydroxyl groups is 1. The molecule has 2 nitrogen and oxygen atoms in total. The van der Waals surface area contributed by atoms with E-state index in [1.165, 1.54) is 24.5 Å². The van der Waals surface area contributed by atoms with Crippen LogP contribution in [0.1, 0.15) is 22.8 Å². The third-order valence-electron chi connectivity index (χ3n) is 2.76. The second kappa shape index (κ2) is 5.38. The first-order chi connectivity index (χ1) is 8.54. The fraction of sp³-hybridized carbons (Fsp3) is 0.231. The van der Waals surface area contributed by atoms with Crippen molar-refractivity contribution >= 4 is 27.3 Å². The second-order valence-electron chi connectivity index (χ2n) is 3.92. The van der Waals surface area contributed by atoms with Crippen molar-refractivity contribution in [2.24, 2.45) is 0 Å². The Morgan fingerprint density at radius 3 is 2.61 bits per heavy atom. The number of aryl methyl sites for hydroxylation is 1. The standard InChI is InChI=1S/C13H12BrFO2S/c1-7-5-18-6-9(7)13(16)8-3-10(14)11(15)4-12(8)17-2/h3-6,13,16H,1-2H3. The molecular weight excluding hydrogens is 319 g/mol. The molecule has 96 valence electrons. The minimum absolute atomic E-state index is 0.310. The summed E-state index contributed by atoms with van der Waals surface area (Å²) in [5.74, 6) is -0.0707. The van der Waals surface area contributed by atoms with Crippen LogP contribution in [0.2, 0.25) is 0 Å². The van der Waals surface area contributed by atoms with E-state index in [-0.39, 0.29) is 0 Å². The molecule has 2 rings (SSSR count). The van der Waals surface area contributed by atoms with Crippen molar-refractivity contribution in [3.63, 3.8) is 0 Å². The van der Waals surface area contributed by atoms with E-state index in [4.69, 9.17) is 4.74 Å². The van der Waals surface area contributed by atoms with E-state index in [1.807, 2.05) is 17.7 Å². The summed E-state index contributed by atoms with van der Waals surface area (Å²) in [7, 11) is 1.46. The number of thiophene rings is 1. The van der Waals surface area contributed by atoms with Gasteiger partial charge in [0.25, 0.3) is 0 Å². The van der Waals surface area contributed by atoms with Crippen LogP contribution in [0.3, 0.4) is 0 Å². The van der Waals surface area contributed by atoms with Crippen LogP contribution in [0.5, 0.6) is 5.75 Å². The lowest BCUT2D eigenvalue weighted by molar-refractivity contribution is 0.214. The van der Waals surface area contributed by atoms with Gasteiger partial charge in [-0.1, -0.05) is 0 Å². The molecule has 0 spiro atoms. The summed E-state index contributed by atoms with van der Waals surface area (Å²) >= 11 is 4.64. The summed E-state index contributed by atoms with van der Waals surface area (Å²) in [5.41, 5.74) is 2.37. The molecule has 5 heteroatoms. The highest BCUT2D eigenvalue weighted by Gasteiger charge is 2.20. The van der Waals surface area contributed by atoms with Crippen LogP contribution < -0.4 is 4.74 Å². The maximum atomic E-state index is 13.4. The first-order valence-electron chi connectivity index (χ1n) is 5.28. The molecule has 0 fully saturated rings. The number of hydrogen-bond acceptors (Lipinski definition) is 3. The molecule has 0 saturated heterocycles. The van der Waals surface area contributed by atoms with Gasteiger partial charge >= 0.3 is 0 Å². The second-order valence-corrected chi connectivity index (χ2v) is 5.52. The van der Waals surface area contributed by atoms with E-state index in [9.17, 15) is 9.50 Å². The van der Waals surface area contributed by atoms with Gasteiger partial charge in [0, 0.05) is 11.6 Å². The largest absolute Gasteiger partial charge is 0.496 e. The zero-order chi connectivity index (χ0) is 13.3. The van der Waals surface area contributed by atoms with Crippen molar-refractivity contribution < 1.29 is 14.2 Å². The monoisotopic (exact) mass is 330 g/mol. The predicted octanol–water partition coefficient (Wildman–Crippen LogP) is 4.05. The summed E-state index contributed by atoms with van der Waals surface area (Å²) in [4.78, 5) is 0. The average molecular weight is 331 g/mol. The molecule has 1 N–H and O–H groups in total. The number of rotatable bonds is 3. The fourth-order valence-electron chi connectivity index (χ4n) is 1.75. The Morgan fingerprint density at radius 2 is 2.06 bits per heavy atom. The van der Waals surface area contributed by atoms with Crippen molar-refractivity contribution in [2.75, 3.05) is 7.11 Å². The van der Waals surface area contributed by atoms with Crippen molar-refractivity contribution in [3.8, 4) is 5.75 Å². The fourth-order valence-corrected chi connectivity index (χ4v) is 2.98. The van der Waals surface area contributed by atoms with Crippen molar-refractivity contribution in [1.82, 2.24) is 0 Å². The Hall–Kier alpha value is -0.910. The third-order valence-corrected chi connectivity index (χ3v) is 4.24. The Morgan fingerprint density at radius 1 is 1.33 bits per heavy atom. The molecule has 1 aromatic carbocycles. The summed E-state index contributed by atoms with van der Waals surface area (Å²) < 4.78 is 18.9. The zero-order valence-electron chi connectivity index (χ0n) is 9.91. The van der Waals surface area contributed by atoms with E-state index >= 15 is 0 Å². The lowest BCUT2D eigenvalue weighted by Crippen LogP contribution is -2.03. The molecule has 1 heterocycles. The van der Waals surface area contributed by atoms with E-state index in [0.29, 0.717) is 15.8 Å². The molecule has 1 atom stereocenters. The molecule has 0 saturated carbocycles. The van der Waals surface area contributed by atoms with Gasteiger partial charge in [0.15, 0.2) is 0 Å². The first-order valence-corrected chi connectivity index (χ1v) is 7.02. The Labute approximate surface area is 117 Å². The number of ether oxygens (including phenoxy) is 1. The van der Waals surface area contributed by atoms with Crippen LogP contribution in [0.15, 0.2) is 27.4 Å². The summed E-state index contributed by atoms with van der Waals surface area (Å²) in [6, 6.07) is 2.82. The zero-order valence-corrected chi connectivity index (χ0v) is 12.3. The van der Waals surface area contributed by atoms with Gasteiger partial charge in [0.1, 0.15) is 17.7 Å². The summed E-state index contributed by atoms with van der Waals surface area (Å²) in [6.45, 7) is 1.93. The summed E-state index contributed by atoms with van der Waals surface area (Å²) in [5, 5.41) is 14.2. The third kappa shape index (κ3) is 2.43. The normalized spacial score (nSPS) is 12.5. The smallest absolute Gasteiger partial charge is 0.141 e. The number of halogens is 2. The van der Waals surface area contributed by atoms with Gasteiger partial charge < -0.3 is 9.84 Å². The quantitative estimate of drug-likeness (QED) is 0.919. The highest BCUT2D eigenvalue weighted by molar-refractivity contribution is 9.10. The van der Waals surface area contributed by atoms with Gasteiger partial charge in [-0.15, -0.1) is 0 Å². The molecule has 0 radical (unpaired) electrons. The van der Waals surface area contributed by atoms with Gasteiger partial charge in [-0.05, 0) is 50.8 Å². The lowest BCUT2D eigenvalue weighted by atomic mass is 10.0. The molecule has 1 aromatic heterocycles. The van der Waals surface area contributed by atoms with Crippen LogP contribution in [0, 0.1) is 12.7 Å². The Kier molecular flexibility index (Phi) is 4.04. The van der Waals surface area contributed by atoms with Crippen molar-refractivity contribution in [2.45, 2.75) is 13.0 Å². The van der Waals surface area contributed by atoms with E-state index in [0.717, 1.165) is 11.1 Å². The molecule has 0 aliphatic carbocycles. The van der Waals surface area contributed by atoms with Gasteiger partial charge in [0.05, 0.1) is 11.6 Å². The van der Waals surface area contributed by atoms with E-state index in [2.05, 4.69) is 15.9 Å². The molecule has 0 bridgehead atoms. The van der Waals surface area contributed by atoms with Gasteiger partial charge in [-0.2, -0.15) is 11.3 Å². The SMILES string of the molecule is COc1cc(F)c(Br)cc1C(O)c1cscc1C. The summed E-state index contributed by atoms with van der Waals surface area (Å²) in [6.07, 6.45) is -0.817. The molecular formula is C13H12BrFO2S. The molecule has 0 aliphatic rings. The van der Waals surface area contributed by atoms with E-state index < -0.39 is 11.9 Å². The number of benzene rings is 1. The van der Waals surface area contributed by atoms with Crippen LogP contribution >= 0.6 is 27.3 Å². The molecule has 2 aromatic rings. The first kappa shape index (κ1) is 13.5. The van der Waals surface area contributed by atoms with Gasteiger partial charge in [-0.3, -0.25) is 0 Å². The van der Waals surface area contributed by atoms with Gasteiger partial charge in [0.2, 0.25) is 0 Å². The van der Waals surface area contributed by atoms with E-state index in [1.54, 1.807) is 6.07 Å². The van der Waals surface area contributed by atoms with Crippen LogP contribution in [0.25, 0.3) is 0 Å². The topological polar surface area (TPSA) is 29.5 Å². The Bertz CT molecular complexity index is 568. The molecule has 0 aliphatic heterocycles. The predicted molar refractivity (Wildman–Crippen MR) is 73.8 cm³/mol. The maximum Gasteiger partial charge on any atom is 0.141 e. The highest BCUT2D eigenvalue weighted by atomic mass is 79.9. The minimum Gasteiger partial charge on any atom is -0.496 e. The minimum atomic E-state index is -0.817. The Balaban J connectivity index is 2.50. The van der Waals surface area contributed by atoms with Crippen molar-refractivity contribution in [1.29, 1.82) is 0 Å². The number of hydrogen-bond donors (Lipinski definition) is 1. The van der Waals surface area contributed by atoms with Crippen molar-refractivity contribution in [3.05, 3.63) is 49.9 Å². The molecule has 1 unspecified atom stereocenters. The average Bonchev–Trinajstić information content (AvgIpc) is 2.77. The van der Waals surface area contributed by atoms with Gasteiger partial charge in [-0.25, -0.2) is 4.39 Å². The highest BCUT2D eigenvalue weighted by Crippen LogP contribution is 2.35. The van der Waals surface area contributed by atoms with Crippen LogP contribution in [0.4, 0.5) is 4.39 Å². The van der Waals surface area contributed by atoms with Crippen LogP contribution in [-0.2, 0) is 0 Å². The number of aliphatic hydroxyl groups excluding tert-OH is 1. The molecule has 18 heavy (non-hydrogen) atoms.